The van der Waals surface area contributed by atoms with Crippen LogP contribution in [0.3, 0.4) is 0 Å². The van der Waals surface area contributed by atoms with Gasteiger partial charge >= 0.3 is 0 Å². The summed E-state index contributed by atoms with van der Waals surface area (Å²) in [6, 6.07) is 4.29. The summed E-state index contributed by atoms with van der Waals surface area (Å²) in [6.07, 6.45) is 2.10. The van der Waals surface area contributed by atoms with Gasteiger partial charge < -0.3 is 14.4 Å². The molecule has 0 unspecified atom stereocenters. The van der Waals surface area contributed by atoms with E-state index in [-0.39, 0.29) is 0 Å². The fraction of sp³-hybridized carbons (Fsp3) is 0.600. The van der Waals surface area contributed by atoms with Crippen molar-refractivity contribution in [3.63, 3.8) is 0 Å². The van der Waals surface area contributed by atoms with E-state index in [9.17, 15) is 0 Å². The van der Waals surface area contributed by atoms with Gasteiger partial charge in [0.05, 0.1) is 0 Å². The van der Waals surface area contributed by atoms with Crippen LogP contribution in [0.15, 0.2) is 18.3 Å². The lowest BCUT2D eigenvalue weighted by Crippen LogP contribution is -2.45. The molecule has 1 aliphatic rings. The molecule has 0 radical (unpaired) electrons. The number of rotatable bonds is 1. The first-order chi connectivity index (χ1) is 6.27. The van der Waals surface area contributed by atoms with Crippen LogP contribution in [0.5, 0.6) is 0 Å². The van der Waals surface area contributed by atoms with E-state index in [1.165, 1.54) is 18.9 Å². The molecule has 0 bridgehead atoms. The summed E-state index contributed by atoms with van der Waals surface area (Å²) < 4.78 is 2.19. The summed E-state index contributed by atoms with van der Waals surface area (Å²) in [5.74, 6) is 1.34. The summed E-state index contributed by atoms with van der Waals surface area (Å²) in [5, 5.41) is 0. The quantitative estimate of drug-likeness (QED) is 0.631. The lowest BCUT2D eigenvalue weighted by atomic mass is 10.3. The number of likely N-dealkylation sites (N-methyl/N-ethyl adjacent to an activating group) is 1. The van der Waals surface area contributed by atoms with E-state index in [2.05, 4.69) is 46.8 Å². The number of nitrogens with zero attached hydrogens (tertiary/aromatic N) is 3. The van der Waals surface area contributed by atoms with Crippen molar-refractivity contribution in [3.05, 3.63) is 18.3 Å². The van der Waals surface area contributed by atoms with Crippen LogP contribution in [0, 0.1) is 0 Å². The van der Waals surface area contributed by atoms with Gasteiger partial charge in [-0.2, -0.15) is 0 Å². The molecule has 0 N–H and O–H groups in total. The average molecular weight is 179 g/mol. The Balaban J connectivity index is 2.06. The Morgan fingerprint density at radius 1 is 1.08 bits per heavy atom. The number of aromatic nitrogens is 1. The van der Waals surface area contributed by atoms with Crippen molar-refractivity contribution in [1.29, 1.82) is 0 Å². The first-order valence-corrected chi connectivity index (χ1v) is 4.82. The molecule has 0 aromatic carbocycles. The van der Waals surface area contributed by atoms with E-state index in [0.717, 1.165) is 13.1 Å². The SMILES string of the molecule is CN1CCN(c2cccn2C)CC1. The molecule has 13 heavy (non-hydrogen) atoms. The predicted octanol–water partition coefficient (Wildman–Crippen LogP) is 0.777. The smallest absolute Gasteiger partial charge is 0.108 e. The van der Waals surface area contributed by atoms with Gasteiger partial charge in [0, 0.05) is 39.4 Å². The normalized spacial score (nSPS) is 19.4. The molecule has 1 aromatic heterocycles. The van der Waals surface area contributed by atoms with Gasteiger partial charge in [0.1, 0.15) is 5.82 Å². The molecule has 0 amide bonds. The van der Waals surface area contributed by atoms with E-state index >= 15 is 0 Å². The average Bonchev–Trinajstić information content (AvgIpc) is 2.53. The number of piperazine rings is 1. The molecule has 0 aliphatic carbocycles. The molecule has 0 atom stereocenters. The van der Waals surface area contributed by atoms with E-state index in [0.29, 0.717) is 0 Å². The minimum atomic E-state index is 1.15. The minimum Gasteiger partial charge on any atom is -0.355 e. The number of hydrogen-bond acceptors (Lipinski definition) is 2. The highest BCUT2D eigenvalue weighted by atomic mass is 15.3. The van der Waals surface area contributed by atoms with Gasteiger partial charge in [0.25, 0.3) is 0 Å². The second kappa shape index (κ2) is 3.42. The van der Waals surface area contributed by atoms with Crippen LogP contribution in [-0.4, -0.2) is 42.7 Å². The molecule has 0 saturated carbocycles. The summed E-state index contributed by atoms with van der Waals surface area (Å²) in [7, 11) is 4.29. The van der Waals surface area contributed by atoms with Crippen molar-refractivity contribution in [2.24, 2.45) is 7.05 Å². The third-order valence-corrected chi connectivity index (χ3v) is 2.74. The zero-order valence-electron chi connectivity index (χ0n) is 8.40. The maximum Gasteiger partial charge on any atom is 0.108 e. The first-order valence-electron chi connectivity index (χ1n) is 4.82. The Morgan fingerprint density at radius 2 is 1.77 bits per heavy atom. The Hall–Kier alpha value is -0.960. The minimum absolute atomic E-state index is 1.15. The van der Waals surface area contributed by atoms with Gasteiger partial charge in [-0.3, -0.25) is 0 Å². The van der Waals surface area contributed by atoms with Crippen LogP contribution in [-0.2, 0) is 7.05 Å². The van der Waals surface area contributed by atoms with Crippen molar-refractivity contribution >= 4 is 5.82 Å². The van der Waals surface area contributed by atoms with Gasteiger partial charge in [0.2, 0.25) is 0 Å². The fourth-order valence-electron chi connectivity index (χ4n) is 1.82. The van der Waals surface area contributed by atoms with Gasteiger partial charge in [-0.05, 0) is 19.2 Å². The Bertz CT molecular complexity index is 271. The van der Waals surface area contributed by atoms with Crippen molar-refractivity contribution in [2.75, 3.05) is 38.1 Å². The standard InChI is InChI=1S/C10H17N3/c1-11-6-8-13(9-7-11)10-4-3-5-12(10)2/h3-5H,6-9H2,1-2H3. The Kier molecular flexibility index (Phi) is 2.27. The van der Waals surface area contributed by atoms with Gasteiger partial charge in [-0.1, -0.05) is 0 Å². The molecule has 72 valence electrons. The van der Waals surface area contributed by atoms with Crippen LogP contribution in [0.1, 0.15) is 0 Å². The van der Waals surface area contributed by atoms with Crippen LogP contribution >= 0.6 is 0 Å². The second-order valence-corrected chi connectivity index (χ2v) is 3.77. The Morgan fingerprint density at radius 3 is 2.31 bits per heavy atom. The van der Waals surface area contributed by atoms with E-state index in [1.807, 2.05) is 0 Å². The third kappa shape index (κ3) is 1.70. The highest BCUT2D eigenvalue weighted by Crippen LogP contribution is 2.15. The summed E-state index contributed by atoms with van der Waals surface area (Å²) in [5.41, 5.74) is 0. The van der Waals surface area contributed by atoms with E-state index in [1.54, 1.807) is 0 Å². The van der Waals surface area contributed by atoms with Crippen molar-refractivity contribution in [3.8, 4) is 0 Å². The second-order valence-electron chi connectivity index (χ2n) is 3.77. The molecule has 1 fully saturated rings. The van der Waals surface area contributed by atoms with E-state index < -0.39 is 0 Å². The molecule has 3 heteroatoms. The van der Waals surface area contributed by atoms with Gasteiger partial charge in [0.15, 0.2) is 0 Å². The largest absolute Gasteiger partial charge is 0.355 e. The maximum atomic E-state index is 2.44. The number of aryl methyl sites for hydroxylation is 1. The summed E-state index contributed by atoms with van der Waals surface area (Å²) in [4.78, 5) is 4.82. The van der Waals surface area contributed by atoms with Crippen LogP contribution in [0.25, 0.3) is 0 Å². The monoisotopic (exact) mass is 179 g/mol. The molecule has 2 heterocycles. The summed E-state index contributed by atoms with van der Waals surface area (Å²) >= 11 is 0. The van der Waals surface area contributed by atoms with E-state index in [4.69, 9.17) is 0 Å². The summed E-state index contributed by atoms with van der Waals surface area (Å²) in [6.45, 7) is 4.64. The molecule has 2 rings (SSSR count). The lowest BCUT2D eigenvalue weighted by Gasteiger charge is -2.33. The molecule has 1 aromatic rings. The van der Waals surface area contributed by atoms with Crippen LogP contribution in [0.2, 0.25) is 0 Å². The molecule has 3 nitrogen and oxygen atoms in total. The van der Waals surface area contributed by atoms with Crippen LogP contribution in [0.4, 0.5) is 5.82 Å². The Labute approximate surface area is 79.6 Å². The van der Waals surface area contributed by atoms with Gasteiger partial charge in [-0.15, -0.1) is 0 Å². The molecule has 1 saturated heterocycles. The highest BCUT2D eigenvalue weighted by molar-refractivity contribution is 5.40. The predicted molar refractivity (Wildman–Crippen MR) is 55.1 cm³/mol. The molecule has 0 spiro atoms. The van der Waals surface area contributed by atoms with Gasteiger partial charge in [-0.25, -0.2) is 0 Å². The topological polar surface area (TPSA) is 11.4 Å². The zero-order valence-corrected chi connectivity index (χ0v) is 8.40. The zero-order chi connectivity index (χ0) is 9.26. The lowest BCUT2D eigenvalue weighted by molar-refractivity contribution is 0.311. The van der Waals surface area contributed by atoms with Crippen molar-refractivity contribution in [2.45, 2.75) is 0 Å². The molecular formula is C10H17N3. The number of anilines is 1. The number of hydrogen-bond donors (Lipinski definition) is 0. The van der Waals surface area contributed by atoms with Crippen molar-refractivity contribution in [1.82, 2.24) is 9.47 Å². The maximum absolute atomic E-state index is 2.44. The highest BCUT2D eigenvalue weighted by Gasteiger charge is 2.15. The molecule has 1 aliphatic heterocycles. The third-order valence-electron chi connectivity index (χ3n) is 2.74. The first kappa shape index (κ1) is 8.63. The fourth-order valence-corrected chi connectivity index (χ4v) is 1.82. The van der Waals surface area contributed by atoms with Crippen LogP contribution < -0.4 is 4.90 Å². The molecular weight excluding hydrogens is 162 g/mol. The van der Waals surface area contributed by atoms with Crippen molar-refractivity contribution < 1.29 is 0 Å².